The van der Waals surface area contributed by atoms with Gasteiger partial charge in [-0.1, -0.05) is 0 Å². The summed E-state index contributed by atoms with van der Waals surface area (Å²) in [6.07, 6.45) is 1.78. The zero-order chi connectivity index (χ0) is 10.8. The second-order valence-electron chi connectivity index (χ2n) is 3.55. The monoisotopic (exact) mass is 226 g/mol. The van der Waals surface area contributed by atoms with Crippen LogP contribution < -0.4 is 10.6 Å². The van der Waals surface area contributed by atoms with Gasteiger partial charge in [0.1, 0.15) is 0 Å². The van der Waals surface area contributed by atoms with E-state index in [-0.39, 0.29) is 5.91 Å². The molecule has 1 aromatic rings. The molecule has 0 atom stereocenters. The number of likely N-dealkylation sites (N-methyl/N-ethyl adjacent to an activating group) is 1. The average molecular weight is 226 g/mol. The van der Waals surface area contributed by atoms with E-state index in [1.165, 1.54) is 0 Å². The van der Waals surface area contributed by atoms with Crippen LogP contribution in [-0.2, 0) is 11.3 Å². The Balaban J connectivity index is 2.08. The molecular formula is C9H14N4OS. The van der Waals surface area contributed by atoms with Gasteiger partial charge in [0.15, 0.2) is 5.13 Å². The minimum Gasteiger partial charge on any atom is -0.342 e. The molecule has 0 unspecified atom stereocenters. The topological polar surface area (TPSA) is 62.5 Å². The number of piperazine rings is 1. The van der Waals surface area contributed by atoms with Crippen molar-refractivity contribution in [1.82, 2.24) is 9.88 Å². The van der Waals surface area contributed by atoms with E-state index in [0.717, 1.165) is 23.1 Å². The summed E-state index contributed by atoms with van der Waals surface area (Å²) in [5, 5.41) is 0.900. The zero-order valence-electron chi connectivity index (χ0n) is 8.64. The van der Waals surface area contributed by atoms with Crippen LogP contribution in [-0.4, -0.2) is 42.5 Å². The summed E-state index contributed by atoms with van der Waals surface area (Å²) in [6.45, 7) is 2.55. The normalized spacial score (nSPS) is 17.3. The number of hydrogen-bond acceptors (Lipinski definition) is 5. The summed E-state index contributed by atoms with van der Waals surface area (Å²) < 4.78 is 0. The molecule has 2 rings (SSSR count). The number of aromatic nitrogens is 1. The van der Waals surface area contributed by atoms with Gasteiger partial charge < -0.3 is 15.5 Å². The van der Waals surface area contributed by atoms with Crippen LogP contribution >= 0.6 is 11.3 Å². The fourth-order valence-electron chi connectivity index (χ4n) is 1.46. The van der Waals surface area contributed by atoms with Crippen molar-refractivity contribution in [3.63, 3.8) is 0 Å². The summed E-state index contributed by atoms with van der Waals surface area (Å²) in [5.74, 6) is 0.144. The molecule has 2 N–H and O–H groups in total. The molecule has 1 fully saturated rings. The van der Waals surface area contributed by atoms with Gasteiger partial charge in [-0.3, -0.25) is 4.79 Å². The van der Waals surface area contributed by atoms with E-state index in [1.54, 1.807) is 22.4 Å². The van der Waals surface area contributed by atoms with Crippen LogP contribution in [0.5, 0.6) is 0 Å². The van der Waals surface area contributed by atoms with Crippen LogP contribution in [0.3, 0.4) is 0 Å². The van der Waals surface area contributed by atoms with Gasteiger partial charge in [-0.25, -0.2) is 4.98 Å². The van der Waals surface area contributed by atoms with Crippen LogP contribution in [0.15, 0.2) is 6.20 Å². The zero-order valence-corrected chi connectivity index (χ0v) is 9.46. The summed E-state index contributed by atoms with van der Waals surface area (Å²) in [4.78, 5) is 20.6. The molecule has 0 bridgehead atoms. The number of thiazole rings is 1. The van der Waals surface area contributed by atoms with E-state index >= 15 is 0 Å². The van der Waals surface area contributed by atoms with Crippen molar-refractivity contribution in [2.45, 2.75) is 6.54 Å². The summed E-state index contributed by atoms with van der Waals surface area (Å²) in [7, 11) is 1.83. The number of anilines is 1. The predicted octanol–water partition coefficient (Wildman–Crippen LogP) is -0.120. The van der Waals surface area contributed by atoms with E-state index in [9.17, 15) is 4.79 Å². The highest BCUT2D eigenvalue weighted by atomic mass is 32.1. The second kappa shape index (κ2) is 4.16. The molecule has 0 spiro atoms. The highest BCUT2D eigenvalue weighted by molar-refractivity contribution is 7.15. The lowest BCUT2D eigenvalue weighted by Crippen LogP contribution is -2.48. The molecule has 0 aliphatic carbocycles. The fraction of sp³-hybridized carbons (Fsp3) is 0.556. The molecule has 1 saturated heterocycles. The van der Waals surface area contributed by atoms with E-state index in [0.29, 0.717) is 13.1 Å². The highest BCUT2D eigenvalue weighted by Crippen LogP contribution is 2.23. The summed E-state index contributed by atoms with van der Waals surface area (Å²) >= 11 is 1.56. The van der Waals surface area contributed by atoms with Gasteiger partial charge in [-0.15, -0.1) is 11.3 Å². The molecule has 0 saturated carbocycles. The minimum atomic E-state index is 0.144. The number of carbonyl (C=O) groups is 1. The number of rotatable bonds is 2. The molecule has 6 heteroatoms. The molecular weight excluding hydrogens is 212 g/mol. The molecule has 5 nitrogen and oxygen atoms in total. The number of carbonyl (C=O) groups excluding carboxylic acids is 1. The first-order valence-corrected chi connectivity index (χ1v) is 5.66. The SMILES string of the molecule is CN1CCN(c2ncc(CN)s2)CC1=O. The summed E-state index contributed by atoms with van der Waals surface area (Å²) in [5.41, 5.74) is 5.52. The van der Waals surface area contributed by atoms with Crippen LogP contribution in [0, 0.1) is 0 Å². The second-order valence-corrected chi connectivity index (χ2v) is 4.64. The van der Waals surface area contributed by atoms with Gasteiger partial charge >= 0.3 is 0 Å². The van der Waals surface area contributed by atoms with E-state index < -0.39 is 0 Å². The first-order chi connectivity index (χ1) is 7.20. The van der Waals surface area contributed by atoms with Gasteiger partial charge in [-0.05, 0) is 0 Å². The molecule has 0 aromatic carbocycles. The van der Waals surface area contributed by atoms with Crippen LogP contribution in [0.1, 0.15) is 4.88 Å². The maximum atomic E-state index is 11.5. The number of amides is 1. The van der Waals surface area contributed by atoms with Crippen molar-refractivity contribution in [2.75, 3.05) is 31.6 Å². The molecule has 15 heavy (non-hydrogen) atoms. The first-order valence-electron chi connectivity index (χ1n) is 4.84. The third-order valence-electron chi connectivity index (χ3n) is 2.47. The van der Waals surface area contributed by atoms with Crippen LogP contribution in [0.4, 0.5) is 5.13 Å². The third kappa shape index (κ3) is 2.10. The van der Waals surface area contributed by atoms with Gasteiger partial charge in [0.05, 0.1) is 6.54 Å². The Bertz CT molecular complexity index is 365. The molecule has 0 radical (unpaired) electrons. The number of nitrogens with zero attached hydrogens (tertiary/aromatic N) is 3. The van der Waals surface area contributed by atoms with Gasteiger partial charge in [0.25, 0.3) is 0 Å². The molecule has 1 amide bonds. The van der Waals surface area contributed by atoms with Gasteiger partial charge in [-0.2, -0.15) is 0 Å². The third-order valence-corrected chi connectivity index (χ3v) is 3.55. The smallest absolute Gasteiger partial charge is 0.241 e. The molecule has 1 aromatic heterocycles. The Labute approximate surface area is 92.5 Å². The average Bonchev–Trinajstić information content (AvgIpc) is 2.70. The van der Waals surface area contributed by atoms with Crippen LogP contribution in [0.2, 0.25) is 0 Å². The standard InChI is InChI=1S/C9H14N4OS/c1-12-2-3-13(6-8(12)14)9-11-5-7(4-10)15-9/h5H,2-4,6,10H2,1H3. The lowest BCUT2D eigenvalue weighted by atomic mass is 10.3. The Morgan fingerprint density at radius 3 is 3.00 bits per heavy atom. The molecule has 2 heterocycles. The lowest BCUT2D eigenvalue weighted by Gasteiger charge is -2.31. The van der Waals surface area contributed by atoms with Crippen molar-refractivity contribution in [3.05, 3.63) is 11.1 Å². The molecule has 1 aliphatic heterocycles. The van der Waals surface area contributed by atoms with Crippen molar-refractivity contribution in [3.8, 4) is 0 Å². The Morgan fingerprint density at radius 1 is 1.60 bits per heavy atom. The minimum absolute atomic E-state index is 0.144. The first kappa shape index (κ1) is 10.4. The Hall–Kier alpha value is -1.14. The molecule has 82 valence electrons. The maximum Gasteiger partial charge on any atom is 0.241 e. The molecule has 1 aliphatic rings. The number of hydrogen-bond donors (Lipinski definition) is 1. The Morgan fingerprint density at radius 2 is 2.40 bits per heavy atom. The van der Waals surface area contributed by atoms with Crippen LogP contribution in [0.25, 0.3) is 0 Å². The van der Waals surface area contributed by atoms with Gasteiger partial charge in [0.2, 0.25) is 5.91 Å². The van der Waals surface area contributed by atoms with E-state index in [2.05, 4.69) is 4.98 Å². The van der Waals surface area contributed by atoms with E-state index in [1.807, 2.05) is 11.9 Å². The maximum absolute atomic E-state index is 11.5. The Kier molecular flexibility index (Phi) is 2.88. The van der Waals surface area contributed by atoms with E-state index in [4.69, 9.17) is 5.73 Å². The summed E-state index contributed by atoms with van der Waals surface area (Å²) in [6, 6.07) is 0. The van der Waals surface area contributed by atoms with Crippen molar-refractivity contribution < 1.29 is 4.79 Å². The quantitative estimate of drug-likeness (QED) is 0.763. The number of nitrogens with two attached hydrogens (primary N) is 1. The largest absolute Gasteiger partial charge is 0.342 e. The van der Waals surface area contributed by atoms with Crippen molar-refractivity contribution >= 4 is 22.4 Å². The lowest BCUT2D eigenvalue weighted by molar-refractivity contribution is -0.129. The van der Waals surface area contributed by atoms with Crippen molar-refractivity contribution in [2.24, 2.45) is 5.73 Å². The fourth-order valence-corrected chi connectivity index (χ4v) is 2.27. The predicted molar refractivity (Wildman–Crippen MR) is 59.9 cm³/mol. The van der Waals surface area contributed by atoms with Gasteiger partial charge in [0, 0.05) is 37.8 Å². The highest BCUT2D eigenvalue weighted by Gasteiger charge is 2.22. The van der Waals surface area contributed by atoms with Crippen molar-refractivity contribution in [1.29, 1.82) is 0 Å².